The van der Waals surface area contributed by atoms with Crippen LogP contribution in [0.25, 0.3) is 0 Å². The maximum absolute atomic E-state index is 11.7. The molecule has 0 atom stereocenters. The van der Waals surface area contributed by atoms with Gasteiger partial charge in [-0.15, -0.1) is 11.8 Å². The van der Waals surface area contributed by atoms with Crippen LogP contribution in [0.1, 0.15) is 11.1 Å². The van der Waals surface area contributed by atoms with Crippen molar-refractivity contribution in [3.63, 3.8) is 0 Å². The van der Waals surface area contributed by atoms with Crippen molar-refractivity contribution in [1.82, 2.24) is 5.43 Å². The highest BCUT2D eigenvalue weighted by Crippen LogP contribution is 2.21. The summed E-state index contributed by atoms with van der Waals surface area (Å²) < 4.78 is 2.04. The molecule has 0 heterocycles. The average molecular weight is 442 g/mol. The highest BCUT2D eigenvalue weighted by Gasteiger charge is 2.02. The van der Waals surface area contributed by atoms with E-state index in [4.69, 9.17) is 0 Å². The molecule has 6 heteroatoms. The quantitative estimate of drug-likeness (QED) is 0.525. The molecule has 1 amide bonds. The van der Waals surface area contributed by atoms with Crippen molar-refractivity contribution < 1.29 is 4.79 Å². The third-order valence-corrected chi connectivity index (χ3v) is 4.95. The van der Waals surface area contributed by atoms with Gasteiger partial charge in [0.05, 0.1) is 12.0 Å². The van der Waals surface area contributed by atoms with E-state index in [2.05, 4.69) is 42.4 Å². The zero-order chi connectivity index (χ0) is 15.8. The maximum atomic E-state index is 11.7. The van der Waals surface area contributed by atoms with Crippen molar-refractivity contribution in [3.05, 3.63) is 68.6 Å². The standard InChI is InChI=1S/C16H14Br2N2OS/c17-14-6-3-4-12(8-14)9-19-20-16(21)11-22-10-13-5-1-2-7-15(13)18/h1-9H,10-11H2,(H,20,21). The van der Waals surface area contributed by atoms with Crippen LogP contribution in [-0.2, 0) is 10.5 Å². The van der Waals surface area contributed by atoms with Gasteiger partial charge in [-0.05, 0) is 29.3 Å². The van der Waals surface area contributed by atoms with Gasteiger partial charge in [0.15, 0.2) is 0 Å². The number of benzene rings is 2. The van der Waals surface area contributed by atoms with Crippen LogP contribution in [0.2, 0.25) is 0 Å². The molecule has 0 fully saturated rings. The van der Waals surface area contributed by atoms with Crippen LogP contribution in [0.15, 0.2) is 62.6 Å². The Labute approximate surface area is 150 Å². The molecule has 2 aromatic rings. The summed E-state index contributed by atoms with van der Waals surface area (Å²) in [4.78, 5) is 11.7. The number of hydrogen-bond acceptors (Lipinski definition) is 3. The van der Waals surface area contributed by atoms with Gasteiger partial charge in [-0.25, -0.2) is 5.43 Å². The molecule has 1 N–H and O–H groups in total. The van der Waals surface area contributed by atoms with Crippen LogP contribution in [-0.4, -0.2) is 17.9 Å². The molecular weight excluding hydrogens is 428 g/mol. The average Bonchev–Trinajstić information content (AvgIpc) is 2.49. The largest absolute Gasteiger partial charge is 0.272 e. The molecule has 0 aliphatic heterocycles. The SMILES string of the molecule is O=C(CSCc1ccccc1Br)NN=Cc1cccc(Br)c1. The van der Waals surface area contributed by atoms with Crippen LogP contribution in [0.5, 0.6) is 0 Å². The minimum atomic E-state index is -0.108. The molecule has 0 radical (unpaired) electrons. The van der Waals surface area contributed by atoms with Gasteiger partial charge in [0.2, 0.25) is 5.91 Å². The summed E-state index contributed by atoms with van der Waals surface area (Å²) in [7, 11) is 0. The number of nitrogens with zero attached hydrogens (tertiary/aromatic N) is 1. The third-order valence-electron chi connectivity index (χ3n) is 2.70. The second kappa shape index (κ2) is 9.12. The summed E-state index contributed by atoms with van der Waals surface area (Å²) in [6.45, 7) is 0. The number of rotatable bonds is 6. The first kappa shape index (κ1) is 17.2. The van der Waals surface area contributed by atoms with Gasteiger partial charge >= 0.3 is 0 Å². The molecule has 0 aliphatic rings. The van der Waals surface area contributed by atoms with E-state index in [-0.39, 0.29) is 5.91 Å². The second-order valence-corrected chi connectivity index (χ2v) is 7.19. The fourth-order valence-corrected chi connectivity index (χ4v) is 3.52. The lowest BCUT2D eigenvalue weighted by Gasteiger charge is -2.03. The van der Waals surface area contributed by atoms with Gasteiger partial charge in [-0.1, -0.05) is 62.2 Å². The number of carbonyl (C=O) groups is 1. The number of carbonyl (C=O) groups excluding carboxylic acids is 1. The Morgan fingerprint density at radius 1 is 1.18 bits per heavy atom. The molecule has 0 aromatic heterocycles. The molecule has 22 heavy (non-hydrogen) atoms. The van der Waals surface area contributed by atoms with Gasteiger partial charge in [-0.2, -0.15) is 5.10 Å². The van der Waals surface area contributed by atoms with Gasteiger partial charge in [0.25, 0.3) is 0 Å². The molecular formula is C16H14Br2N2OS. The van der Waals surface area contributed by atoms with Crippen LogP contribution in [0.3, 0.4) is 0 Å². The highest BCUT2D eigenvalue weighted by molar-refractivity contribution is 9.10. The summed E-state index contributed by atoms with van der Waals surface area (Å²) in [5, 5.41) is 3.96. The van der Waals surface area contributed by atoms with E-state index in [1.807, 2.05) is 48.5 Å². The zero-order valence-electron chi connectivity index (χ0n) is 11.6. The molecule has 2 rings (SSSR count). The van der Waals surface area contributed by atoms with Crippen LogP contribution < -0.4 is 5.43 Å². The predicted octanol–water partition coefficient (Wildman–Crippen LogP) is 4.60. The monoisotopic (exact) mass is 440 g/mol. The van der Waals surface area contributed by atoms with Gasteiger partial charge in [0.1, 0.15) is 0 Å². The molecule has 114 valence electrons. The van der Waals surface area contributed by atoms with Crippen LogP contribution >= 0.6 is 43.6 Å². The number of halogens is 2. The molecule has 0 bridgehead atoms. The summed E-state index contributed by atoms with van der Waals surface area (Å²) in [5.41, 5.74) is 4.64. The molecule has 3 nitrogen and oxygen atoms in total. The summed E-state index contributed by atoms with van der Waals surface area (Å²) in [6, 6.07) is 15.7. The first-order valence-electron chi connectivity index (χ1n) is 6.54. The lowest BCUT2D eigenvalue weighted by Crippen LogP contribution is -2.19. The maximum Gasteiger partial charge on any atom is 0.250 e. The first-order chi connectivity index (χ1) is 10.6. The summed E-state index contributed by atoms with van der Waals surface area (Å²) in [5.74, 6) is 1.05. The summed E-state index contributed by atoms with van der Waals surface area (Å²) >= 11 is 8.44. The van der Waals surface area contributed by atoms with Crippen molar-refractivity contribution >= 4 is 55.7 Å². The number of nitrogens with one attached hydrogen (secondary N) is 1. The fourth-order valence-electron chi connectivity index (χ4n) is 1.67. The molecule has 2 aromatic carbocycles. The molecule has 0 saturated carbocycles. The van der Waals surface area contributed by atoms with E-state index < -0.39 is 0 Å². The zero-order valence-corrected chi connectivity index (χ0v) is 15.6. The normalized spacial score (nSPS) is 10.8. The summed E-state index contributed by atoms with van der Waals surface area (Å²) in [6.07, 6.45) is 1.63. The van der Waals surface area contributed by atoms with E-state index in [1.54, 1.807) is 18.0 Å². The van der Waals surface area contributed by atoms with E-state index in [9.17, 15) is 4.79 Å². The van der Waals surface area contributed by atoms with Crippen molar-refractivity contribution in [3.8, 4) is 0 Å². The first-order valence-corrected chi connectivity index (χ1v) is 9.28. The smallest absolute Gasteiger partial charge is 0.250 e. The minimum Gasteiger partial charge on any atom is -0.272 e. The number of thioether (sulfide) groups is 1. The molecule has 0 unspecified atom stereocenters. The minimum absolute atomic E-state index is 0.108. The lowest BCUT2D eigenvalue weighted by atomic mass is 10.2. The molecule has 0 aliphatic carbocycles. The van der Waals surface area contributed by atoms with Crippen LogP contribution in [0.4, 0.5) is 0 Å². The van der Waals surface area contributed by atoms with E-state index in [0.29, 0.717) is 5.75 Å². The fraction of sp³-hybridized carbons (Fsp3) is 0.125. The Balaban J connectivity index is 1.73. The van der Waals surface area contributed by atoms with E-state index in [1.165, 1.54) is 5.56 Å². The number of hydrazone groups is 1. The van der Waals surface area contributed by atoms with E-state index >= 15 is 0 Å². The van der Waals surface area contributed by atoms with Crippen molar-refractivity contribution in [2.24, 2.45) is 5.10 Å². The number of hydrogen-bond donors (Lipinski definition) is 1. The third kappa shape index (κ3) is 5.94. The Kier molecular flexibility index (Phi) is 7.15. The molecule has 0 saturated heterocycles. The van der Waals surface area contributed by atoms with Gasteiger partial charge in [-0.3, -0.25) is 4.79 Å². The molecule has 0 spiro atoms. The lowest BCUT2D eigenvalue weighted by molar-refractivity contribution is -0.118. The van der Waals surface area contributed by atoms with Crippen molar-refractivity contribution in [2.75, 3.05) is 5.75 Å². The van der Waals surface area contributed by atoms with Crippen molar-refractivity contribution in [1.29, 1.82) is 0 Å². The predicted molar refractivity (Wildman–Crippen MR) is 100 cm³/mol. The highest BCUT2D eigenvalue weighted by atomic mass is 79.9. The Hall–Kier alpha value is -1.11. The van der Waals surface area contributed by atoms with Crippen LogP contribution in [0, 0.1) is 0 Å². The Bertz CT molecular complexity index is 677. The Morgan fingerprint density at radius 2 is 2.00 bits per heavy atom. The number of amides is 1. The second-order valence-electron chi connectivity index (χ2n) is 4.43. The van der Waals surface area contributed by atoms with Gasteiger partial charge < -0.3 is 0 Å². The topological polar surface area (TPSA) is 41.5 Å². The Morgan fingerprint density at radius 3 is 2.77 bits per heavy atom. The van der Waals surface area contributed by atoms with E-state index in [0.717, 1.165) is 20.3 Å². The van der Waals surface area contributed by atoms with Crippen molar-refractivity contribution in [2.45, 2.75) is 5.75 Å². The van der Waals surface area contributed by atoms with Gasteiger partial charge in [0, 0.05) is 14.7 Å².